The summed E-state index contributed by atoms with van der Waals surface area (Å²) in [6, 6.07) is 19.0. The van der Waals surface area contributed by atoms with E-state index in [1.165, 1.54) is 48.5 Å². The lowest BCUT2D eigenvalue weighted by molar-refractivity contribution is 0.0526. The highest BCUT2D eigenvalue weighted by atomic mass is 32.2. The van der Waals surface area contributed by atoms with Crippen LogP contribution in [0.5, 0.6) is 0 Å². The molecule has 3 aromatic rings. The van der Waals surface area contributed by atoms with E-state index < -0.39 is 26.0 Å². The van der Waals surface area contributed by atoms with E-state index in [1.807, 2.05) is 0 Å². The van der Waals surface area contributed by atoms with E-state index in [2.05, 4.69) is 9.44 Å². The summed E-state index contributed by atoms with van der Waals surface area (Å²) in [7, 11) is -7.75. The second-order valence-electron chi connectivity index (χ2n) is 6.35. The Morgan fingerprint density at radius 2 is 1.16 bits per heavy atom. The van der Waals surface area contributed by atoms with Gasteiger partial charge in [0, 0.05) is 11.4 Å². The van der Waals surface area contributed by atoms with Crippen molar-refractivity contribution in [2.75, 3.05) is 16.1 Å². The van der Waals surface area contributed by atoms with Gasteiger partial charge in [-0.2, -0.15) is 0 Å². The fraction of sp³-hybridized carbons (Fsp3) is 0.0952. The Balaban J connectivity index is 1.73. The molecule has 0 saturated carbocycles. The highest BCUT2D eigenvalue weighted by molar-refractivity contribution is 7.93. The Bertz CT molecular complexity index is 1260. The van der Waals surface area contributed by atoms with Gasteiger partial charge in [-0.15, -0.1) is 0 Å². The van der Waals surface area contributed by atoms with Crippen molar-refractivity contribution >= 4 is 37.4 Å². The molecule has 0 atom stereocenters. The SMILES string of the molecule is CCOC(=O)c1ccc(S(=O)(=O)Nc2ccc(S(=O)(=O)Nc3ccccc3)cc2)cc1. The molecule has 0 aliphatic rings. The van der Waals surface area contributed by atoms with Crippen molar-refractivity contribution in [2.45, 2.75) is 16.7 Å². The summed E-state index contributed by atoms with van der Waals surface area (Å²) in [4.78, 5) is 11.6. The number of hydrogen-bond acceptors (Lipinski definition) is 6. The summed E-state index contributed by atoms with van der Waals surface area (Å²) in [5.41, 5.74) is 0.841. The number of carbonyl (C=O) groups is 1. The predicted molar refractivity (Wildman–Crippen MR) is 117 cm³/mol. The monoisotopic (exact) mass is 460 g/mol. The van der Waals surface area contributed by atoms with Gasteiger partial charge in [0.15, 0.2) is 0 Å². The second-order valence-corrected chi connectivity index (χ2v) is 9.71. The van der Waals surface area contributed by atoms with Gasteiger partial charge in [0.05, 0.1) is 22.0 Å². The smallest absolute Gasteiger partial charge is 0.338 e. The van der Waals surface area contributed by atoms with Crippen LogP contribution in [0.2, 0.25) is 0 Å². The third-order valence-corrected chi connectivity index (χ3v) is 6.91. The van der Waals surface area contributed by atoms with Gasteiger partial charge in [0.2, 0.25) is 0 Å². The third kappa shape index (κ3) is 5.62. The molecule has 8 nitrogen and oxygen atoms in total. The van der Waals surface area contributed by atoms with Crippen LogP contribution in [0.15, 0.2) is 88.7 Å². The van der Waals surface area contributed by atoms with Crippen LogP contribution in [0, 0.1) is 0 Å². The molecule has 0 bridgehead atoms. The Labute approximate surface area is 181 Å². The van der Waals surface area contributed by atoms with E-state index in [9.17, 15) is 21.6 Å². The number of ether oxygens (including phenoxy) is 1. The number of carbonyl (C=O) groups excluding carboxylic acids is 1. The molecule has 162 valence electrons. The van der Waals surface area contributed by atoms with Gasteiger partial charge in [-0.05, 0) is 67.6 Å². The third-order valence-electron chi connectivity index (χ3n) is 4.12. The summed E-state index contributed by atoms with van der Waals surface area (Å²) < 4.78 is 59.8. The molecule has 0 heterocycles. The van der Waals surface area contributed by atoms with E-state index in [4.69, 9.17) is 4.74 Å². The van der Waals surface area contributed by atoms with Gasteiger partial charge in [0.25, 0.3) is 20.0 Å². The van der Waals surface area contributed by atoms with Gasteiger partial charge in [0.1, 0.15) is 0 Å². The van der Waals surface area contributed by atoms with Crippen LogP contribution in [-0.4, -0.2) is 29.4 Å². The molecule has 3 rings (SSSR count). The first-order valence-electron chi connectivity index (χ1n) is 9.19. The van der Waals surface area contributed by atoms with E-state index in [1.54, 1.807) is 37.3 Å². The molecule has 10 heteroatoms. The van der Waals surface area contributed by atoms with Crippen molar-refractivity contribution in [1.82, 2.24) is 0 Å². The lowest BCUT2D eigenvalue weighted by Gasteiger charge is -2.11. The van der Waals surface area contributed by atoms with Crippen molar-refractivity contribution in [3.8, 4) is 0 Å². The molecule has 0 fully saturated rings. The maximum Gasteiger partial charge on any atom is 0.338 e. The van der Waals surface area contributed by atoms with Crippen molar-refractivity contribution < 1.29 is 26.4 Å². The molecule has 3 aromatic carbocycles. The van der Waals surface area contributed by atoms with Crippen molar-refractivity contribution in [2.24, 2.45) is 0 Å². The van der Waals surface area contributed by atoms with E-state index in [-0.39, 0.29) is 27.6 Å². The molecule has 0 spiro atoms. The summed E-state index contributed by atoms with van der Waals surface area (Å²) in [6.45, 7) is 1.89. The zero-order valence-corrected chi connectivity index (χ0v) is 18.1. The zero-order chi connectivity index (χ0) is 22.5. The number of sulfonamides is 2. The summed E-state index contributed by atoms with van der Waals surface area (Å²) in [5, 5.41) is 0. The molecular weight excluding hydrogens is 440 g/mol. The largest absolute Gasteiger partial charge is 0.462 e. The number of benzene rings is 3. The summed E-state index contributed by atoms with van der Waals surface area (Å²) in [5.74, 6) is -0.541. The van der Waals surface area contributed by atoms with Crippen LogP contribution in [0.25, 0.3) is 0 Å². The molecule has 0 aliphatic heterocycles. The molecule has 0 radical (unpaired) electrons. The van der Waals surface area contributed by atoms with Gasteiger partial charge in [-0.25, -0.2) is 21.6 Å². The molecular formula is C21H20N2O6S2. The first-order valence-corrected chi connectivity index (χ1v) is 12.2. The first-order chi connectivity index (χ1) is 14.7. The summed E-state index contributed by atoms with van der Waals surface area (Å²) >= 11 is 0. The number of hydrogen-bond donors (Lipinski definition) is 2. The fourth-order valence-electron chi connectivity index (χ4n) is 2.62. The highest BCUT2D eigenvalue weighted by Crippen LogP contribution is 2.21. The normalized spacial score (nSPS) is 11.5. The van der Waals surface area contributed by atoms with Crippen molar-refractivity contribution in [1.29, 1.82) is 0 Å². The number of rotatable bonds is 8. The van der Waals surface area contributed by atoms with Gasteiger partial charge < -0.3 is 4.74 Å². The van der Waals surface area contributed by atoms with Crippen molar-refractivity contribution in [3.63, 3.8) is 0 Å². The lowest BCUT2D eigenvalue weighted by Crippen LogP contribution is -2.15. The number of para-hydroxylation sites is 1. The fourth-order valence-corrected chi connectivity index (χ4v) is 4.74. The molecule has 31 heavy (non-hydrogen) atoms. The molecule has 0 aromatic heterocycles. The number of esters is 1. The highest BCUT2D eigenvalue weighted by Gasteiger charge is 2.17. The molecule has 2 N–H and O–H groups in total. The minimum Gasteiger partial charge on any atom is -0.462 e. The molecule has 0 unspecified atom stereocenters. The average Bonchev–Trinajstić information content (AvgIpc) is 2.74. The van der Waals surface area contributed by atoms with Crippen LogP contribution in [-0.2, 0) is 24.8 Å². The van der Waals surface area contributed by atoms with Crippen LogP contribution >= 0.6 is 0 Å². The van der Waals surface area contributed by atoms with Crippen LogP contribution in [0.1, 0.15) is 17.3 Å². The standard InChI is InChI=1S/C21H20N2O6S2/c1-2-29-21(24)16-8-12-19(13-9-16)30(25,26)23-18-10-14-20(15-11-18)31(27,28)22-17-6-4-3-5-7-17/h3-15,22-23H,2H2,1H3. The maximum atomic E-state index is 12.6. The number of anilines is 2. The Hall–Kier alpha value is -3.37. The maximum absolute atomic E-state index is 12.6. The van der Waals surface area contributed by atoms with Crippen molar-refractivity contribution in [3.05, 3.63) is 84.4 Å². The van der Waals surface area contributed by atoms with E-state index >= 15 is 0 Å². The van der Waals surface area contributed by atoms with Gasteiger partial charge in [-0.3, -0.25) is 9.44 Å². The topological polar surface area (TPSA) is 119 Å². The molecule has 0 aliphatic carbocycles. The van der Waals surface area contributed by atoms with E-state index in [0.717, 1.165) is 0 Å². The minimum atomic E-state index is -3.93. The van der Waals surface area contributed by atoms with Crippen LogP contribution in [0.3, 0.4) is 0 Å². The zero-order valence-electron chi connectivity index (χ0n) is 16.5. The average molecular weight is 461 g/mol. The second kappa shape index (κ2) is 9.19. The van der Waals surface area contributed by atoms with Crippen LogP contribution in [0.4, 0.5) is 11.4 Å². The quantitative estimate of drug-likeness (QED) is 0.497. The molecule has 0 saturated heterocycles. The van der Waals surface area contributed by atoms with Crippen LogP contribution < -0.4 is 9.44 Å². The summed E-state index contributed by atoms with van der Waals surface area (Å²) in [6.07, 6.45) is 0. The predicted octanol–water partition coefficient (Wildman–Crippen LogP) is 3.46. The van der Waals surface area contributed by atoms with E-state index in [0.29, 0.717) is 5.69 Å². The Morgan fingerprint density at radius 1 is 0.710 bits per heavy atom. The first kappa shape index (κ1) is 22.3. The lowest BCUT2D eigenvalue weighted by atomic mass is 10.2. The number of nitrogens with one attached hydrogen (secondary N) is 2. The van der Waals surface area contributed by atoms with Gasteiger partial charge >= 0.3 is 5.97 Å². The minimum absolute atomic E-state index is 0.0157. The Kier molecular flexibility index (Phi) is 6.62. The van der Waals surface area contributed by atoms with Gasteiger partial charge in [-0.1, -0.05) is 18.2 Å². The Morgan fingerprint density at radius 3 is 1.65 bits per heavy atom. The molecule has 0 amide bonds.